The minimum atomic E-state index is -0.941. The maximum Gasteiger partial charge on any atom is 0.352 e. The van der Waals surface area contributed by atoms with Gasteiger partial charge in [0, 0.05) is 30.7 Å². The lowest BCUT2D eigenvalue weighted by Crippen LogP contribution is -2.46. The molecule has 1 aromatic rings. The van der Waals surface area contributed by atoms with Gasteiger partial charge in [0.1, 0.15) is 11.5 Å². The number of carboxylic acid groups (broad SMARTS) is 1. The van der Waals surface area contributed by atoms with Crippen molar-refractivity contribution in [2.24, 2.45) is 7.05 Å². The standard InChI is InChI=1S/C12H17N5O2S/c1-8-10(5-9(12(18)19)15(8)2)20-17-4-3-16(7-13)11(14)6-17/h5,7,13-14H,3-4,6H2,1-2H3,(H,18,19). The summed E-state index contributed by atoms with van der Waals surface area (Å²) in [5, 5.41) is 24.1. The zero-order chi connectivity index (χ0) is 14.9. The second kappa shape index (κ2) is 5.68. The van der Waals surface area contributed by atoms with Crippen molar-refractivity contribution in [3.8, 4) is 0 Å². The summed E-state index contributed by atoms with van der Waals surface area (Å²) in [5.74, 6) is -0.561. The number of aromatic nitrogens is 1. The molecule has 20 heavy (non-hydrogen) atoms. The van der Waals surface area contributed by atoms with E-state index in [2.05, 4.69) is 0 Å². The maximum atomic E-state index is 11.1. The Labute approximate surface area is 121 Å². The fourth-order valence-electron chi connectivity index (χ4n) is 2.02. The predicted molar refractivity (Wildman–Crippen MR) is 77.8 cm³/mol. The zero-order valence-electron chi connectivity index (χ0n) is 11.4. The first-order valence-corrected chi connectivity index (χ1v) is 6.88. The predicted octanol–water partition coefficient (Wildman–Crippen LogP) is 1.24. The van der Waals surface area contributed by atoms with Gasteiger partial charge in [0.05, 0.1) is 12.9 Å². The first kappa shape index (κ1) is 14.6. The van der Waals surface area contributed by atoms with E-state index in [-0.39, 0.29) is 5.69 Å². The van der Waals surface area contributed by atoms with E-state index in [1.165, 1.54) is 18.3 Å². The van der Waals surface area contributed by atoms with Crippen LogP contribution in [0.3, 0.4) is 0 Å². The Morgan fingerprint density at radius 1 is 1.50 bits per heavy atom. The highest BCUT2D eigenvalue weighted by Gasteiger charge is 2.23. The number of carboxylic acids is 1. The molecule has 0 aromatic carbocycles. The second-order valence-electron chi connectivity index (χ2n) is 4.57. The molecule has 8 heteroatoms. The monoisotopic (exact) mass is 295 g/mol. The summed E-state index contributed by atoms with van der Waals surface area (Å²) in [4.78, 5) is 13.6. The van der Waals surface area contributed by atoms with Crippen LogP contribution in [0.5, 0.6) is 0 Å². The van der Waals surface area contributed by atoms with Crippen LogP contribution < -0.4 is 0 Å². The van der Waals surface area contributed by atoms with E-state index in [1.54, 1.807) is 22.6 Å². The van der Waals surface area contributed by atoms with Crippen LogP contribution in [-0.2, 0) is 7.05 Å². The number of carbonyl (C=O) groups is 1. The van der Waals surface area contributed by atoms with Crippen molar-refractivity contribution in [3.63, 3.8) is 0 Å². The van der Waals surface area contributed by atoms with Crippen molar-refractivity contribution < 1.29 is 9.90 Å². The van der Waals surface area contributed by atoms with Gasteiger partial charge in [0.25, 0.3) is 0 Å². The molecule has 108 valence electrons. The van der Waals surface area contributed by atoms with E-state index in [1.807, 2.05) is 11.2 Å². The fraction of sp³-hybridized carbons (Fsp3) is 0.417. The van der Waals surface area contributed by atoms with Gasteiger partial charge in [-0.2, -0.15) is 0 Å². The molecule has 0 bridgehead atoms. The minimum absolute atomic E-state index is 0.262. The van der Waals surface area contributed by atoms with Gasteiger partial charge >= 0.3 is 5.97 Å². The number of aromatic carboxylic acids is 1. The average molecular weight is 295 g/mol. The molecule has 0 spiro atoms. The molecule has 0 radical (unpaired) electrons. The molecule has 3 N–H and O–H groups in total. The average Bonchev–Trinajstić information content (AvgIpc) is 2.67. The molecular formula is C12H17N5O2S. The van der Waals surface area contributed by atoms with Crippen molar-refractivity contribution in [1.82, 2.24) is 13.8 Å². The number of amidine groups is 1. The number of hydrogen-bond donors (Lipinski definition) is 3. The van der Waals surface area contributed by atoms with E-state index in [4.69, 9.17) is 15.9 Å². The molecule has 1 saturated heterocycles. The number of piperazine rings is 1. The molecule has 0 amide bonds. The summed E-state index contributed by atoms with van der Waals surface area (Å²) in [5.41, 5.74) is 1.16. The van der Waals surface area contributed by atoms with Crippen LogP contribution in [0.25, 0.3) is 0 Å². The maximum absolute atomic E-state index is 11.1. The molecular weight excluding hydrogens is 278 g/mol. The fourth-order valence-corrected chi connectivity index (χ4v) is 3.09. The molecule has 7 nitrogen and oxygen atoms in total. The lowest BCUT2D eigenvalue weighted by Gasteiger charge is -2.32. The molecule has 2 rings (SSSR count). The summed E-state index contributed by atoms with van der Waals surface area (Å²) in [6, 6.07) is 1.66. The van der Waals surface area contributed by atoms with E-state index in [0.717, 1.165) is 17.1 Å². The van der Waals surface area contributed by atoms with Crippen LogP contribution in [-0.4, -0.2) is 56.7 Å². The first-order valence-electron chi connectivity index (χ1n) is 6.11. The lowest BCUT2D eigenvalue weighted by atomic mass is 10.4. The van der Waals surface area contributed by atoms with Gasteiger partial charge in [-0.1, -0.05) is 0 Å². The van der Waals surface area contributed by atoms with E-state index < -0.39 is 5.97 Å². The molecule has 0 unspecified atom stereocenters. The van der Waals surface area contributed by atoms with Gasteiger partial charge in [0.15, 0.2) is 0 Å². The van der Waals surface area contributed by atoms with E-state index in [0.29, 0.717) is 18.9 Å². The number of nitrogens with one attached hydrogen (secondary N) is 2. The summed E-state index contributed by atoms with van der Waals surface area (Å²) in [6.07, 6.45) is 1.17. The number of hydrogen-bond acceptors (Lipinski definition) is 5. The quantitative estimate of drug-likeness (QED) is 0.441. The van der Waals surface area contributed by atoms with Gasteiger partial charge < -0.3 is 14.6 Å². The molecule has 1 aliphatic rings. The van der Waals surface area contributed by atoms with Crippen LogP contribution >= 0.6 is 11.9 Å². The molecule has 1 aliphatic heterocycles. The first-order chi connectivity index (χ1) is 9.43. The Balaban J connectivity index is 2.12. The van der Waals surface area contributed by atoms with Gasteiger partial charge in [-0.25, -0.2) is 9.10 Å². The largest absolute Gasteiger partial charge is 0.477 e. The Kier molecular flexibility index (Phi) is 4.15. The van der Waals surface area contributed by atoms with Crippen molar-refractivity contribution in [2.45, 2.75) is 11.8 Å². The van der Waals surface area contributed by atoms with Crippen LogP contribution in [0.1, 0.15) is 16.2 Å². The molecule has 2 heterocycles. The van der Waals surface area contributed by atoms with E-state index >= 15 is 0 Å². The summed E-state index contributed by atoms with van der Waals surface area (Å²) in [7, 11) is 1.73. The van der Waals surface area contributed by atoms with Crippen molar-refractivity contribution in [1.29, 1.82) is 10.8 Å². The van der Waals surface area contributed by atoms with Gasteiger partial charge in [-0.15, -0.1) is 0 Å². The third-order valence-corrected chi connectivity index (χ3v) is 4.53. The SMILES string of the molecule is Cc1c(SN2CCN(C=N)C(=N)C2)cc(C(=O)O)n1C. The third kappa shape index (κ3) is 2.70. The van der Waals surface area contributed by atoms with Crippen LogP contribution in [0.4, 0.5) is 0 Å². The van der Waals surface area contributed by atoms with Crippen LogP contribution in [0, 0.1) is 17.7 Å². The second-order valence-corrected chi connectivity index (χ2v) is 5.71. The molecule has 1 aromatic heterocycles. The highest BCUT2D eigenvalue weighted by Crippen LogP contribution is 2.29. The topological polar surface area (TPSA) is 96.4 Å². The van der Waals surface area contributed by atoms with Crippen molar-refractivity contribution in [3.05, 3.63) is 17.5 Å². The third-order valence-electron chi connectivity index (χ3n) is 3.35. The van der Waals surface area contributed by atoms with Crippen LogP contribution in [0.15, 0.2) is 11.0 Å². The lowest BCUT2D eigenvalue weighted by molar-refractivity contribution is 0.0686. The molecule has 0 atom stereocenters. The van der Waals surface area contributed by atoms with Crippen LogP contribution in [0.2, 0.25) is 0 Å². The highest BCUT2D eigenvalue weighted by atomic mass is 32.2. The Morgan fingerprint density at radius 3 is 2.70 bits per heavy atom. The van der Waals surface area contributed by atoms with Crippen molar-refractivity contribution >= 4 is 30.1 Å². The number of rotatable bonds is 4. The smallest absolute Gasteiger partial charge is 0.352 e. The Morgan fingerprint density at radius 2 is 2.20 bits per heavy atom. The molecule has 0 saturated carbocycles. The highest BCUT2D eigenvalue weighted by molar-refractivity contribution is 7.97. The zero-order valence-corrected chi connectivity index (χ0v) is 12.2. The normalized spacial score (nSPS) is 16.5. The minimum Gasteiger partial charge on any atom is -0.477 e. The summed E-state index contributed by atoms with van der Waals surface area (Å²) in [6.45, 7) is 3.65. The van der Waals surface area contributed by atoms with Gasteiger partial charge in [-0.3, -0.25) is 10.8 Å². The summed E-state index contributed by atoms with van der Waals surface area (Å²) < 4.78 is 3.67. The number of nitrogens with zero attached hydrogens (tertiary/aromatic N) is 3. The van der Waals surface area contributed by atoms with Gasteiger partial charge in [-0.05, 0) is 24.9 Å². The molecule has 1 fully saturated rings. The Hall–Kier alpha value is -1.80. The molecule has 0 aliphatic carbocycles. The van der Waals surface area contributed by atoms with E-state index in [9.17, 15) is 4.79 Å². The Bertz CT molecular complexity index is 568. The van der Waals surface area contributed by atoms with Crippen molar-refractivity contribution in [2.75, 3.05) is 19.6 Å². The van der Waals surface area contributed by atoms with Gasteiger partial charge in [0.2, 0.25) is 0 Å². The summed E-state index contributed by atoms with van der Waals surface area (Å²) >= 11 is 1.47.